The summed E-state index contributed by atoms with van der Waals surface area (Å²) in [5, 5.41) is 9.76. The lowest BCUT2D eigenvalue weighted by atomic mass is 10.0. The highest BCUT2D eigenvalue weighted by atomic mass is 19.4. The number of hydrogen-bond donors (Lipinski definition) is 2. The number of aliphatic hydroxyl groups is 1. The van der Waals surface area contributed by atoms with Gasteiger partial charge in [-0.3, -0.25) is 0 Å². The van der Waals surface area contributed by atoms with Crippen molar-refractivity contribution >= 4 is 0 Å². The number of ether oxygens (including phenoxy) is 2. The van der Waals surface area contributed by atoms with Gasteiger partial charge in [0.25, 0.3) is 0 Å². The number of nitrogens with two attached hydrogens (primary N) is 1. The van der Waals surface area contributed by atoms with Gasteiger partial charge in [0.05, 0.1) is 20.3 Å². The van der Waals surface area contributed by atoms with E-state index in [-0.39, 0.29) is 5.56 Å². The molecule has 0 saturated heterocycles. The summed E-state index contributed by atoms with van der Waals surface area (Å²) in [7, 11) is 2.84. The zero-order valence-corrected chi connectivity index (χ0v) is 10.6. The summed E-state index contributed by atoms with van der Waals surface area (Å²) >= 11 is 0. The second-order valence-corrected chi connectivity index (χ2v) is 4.01. The number of rotatable bonds is 5. The SMILES string of the molecule is COc1ccc([C@@H](O)C[C@@H](N)C(F)(F)F)cc1OC. The molecule has 0 spiro atoms. The molecule has 1 aromatic rings. The van der Waals surface area contributed by atoms with Gasteiger partial charge in [-0.05, 0) is 17.7 Å². The lowest BCUT2D eigenvalue weighted by Gasteiger charge is -2.20. The molecule has 1 rings (SSSR count). The zero-order valence-electron chi connectivity index (χ0n) is 10.6. The molecule has 19 heavy (non-hydrogen) atoms. The average Bonchev–Trinajstić information content (AvgIpc) is 2.36. The number of aliphatic hydroxyl groups excluding tert-OH is 1. The highest BCUT2D eigenvalue weighted by Crippen LogP contribution is 2.32. The Morgan fingerprint density at radius 2 is 1.79 bits per heavy atom. The van der Waals surface area contributed by atoms with Gasteiger partial charge in [-0.1, -0.05) is 6.07 Å². The summed E-state index contributed by atoms with van der Waals surface area (Å²) in [5.74, 6) is 0.762. The molecule has 7 heteroatoms. The molecule has 3 N–H and O–H groups in total. The normalized spacial score (nSPS) is 14.9. The molecule has 0 bridgehead atoms. The third-order valence-electron chi connectivity index (χ3n) is 2.69. The van der Waals surface area contributed by atoms with Gasteiger partial charge in [-0.25, -0.2) is 0 Å². The molecular weight excluding hydrogens is 263 g/mol. The number of alkyl halides is 3. The van der Waals surface area contributed by atoms with E-state index in [2.05, 4.69) is 0 Å². The van der Waals surface area contributed by atoms with Crippen molar-refractivity contribution < 1.29 is 27.8 Å². The third kappa shape index (κ3) is 4.00. The maximum Gasteiger partial charge on any atom is 0.403 e. The fourth-order valence-corrected chi connectivity index (χ4v) is 1.57. The third-order valence-corrected chi connectivity index (χ3v) is 2.69. The van der Waals surface area contributed by atoms with Crippen molar-refractivity contribution in [2.75, 3.05) is 14.2 Å². The van der Waals surface area contributed by atoms with E-state index in [0.29, 0.717) is 11.5 Å². The Labute approximate surface area is 108 Å². The summed E-state index contributed by atoms with van der Waals surface area (Å²) < 4.78 is 46.9. The van der Waals surface area contributed by atoms with E-state index in [1.165, 1.54) is 32.4 Å². The van der Waals surface area contributed by atoms with Gasteiger partial charge in [-0.15, -0.1) is 0 Å². The van der Waals surface area contributed by atoms with Crippen LogP contribution in [0.3, 0.4) is 0 Å². The smallest absolute Gasteiger partial charge is 0.403 e. The first-order chi connectivity index (χ1) is 8.79. The van der Waals surface area contributed by atoms with Crippen molar-refractivity contribution in [3.05, 3.63) is 23.8 Å². The number of methoxy groups -OCH3 is 2. The summed E-state index contributed by atoms with van der Waals surface area (Å²) in [4.78, 5) is 0. The zero-order chi connectivity index (χ0) is 14.6. The summed E-state index contributed by atoms with van der Waals surface area (Å²) in [6, 6.07) is 2.33. The summed E-state index contributed by atoms with van der Waals surface area (Å²) in [6.07, 6.45) is -6.47. The van der Waals surface area contributed by atoms with Crippen molar-refractivity contribution in [1.29, 1.82) is 0 Å². The van der Waals surface area contributed by atoms with Crippen molar-refractivity contribution in [3.8, 4) is 11.5 Å². The van der Waals surface area contributed by atoms with E-state index >= 15 is 0 Å². The Balaban J connectivity index is 2.85. The molecule has 0 aromatic heterocycles. The monoisotopic (exact) mass is 279 g/mol. The number of hydrogen-bond acceptors (Lipinski definition) is 4. The number of benzene rings is 1. The molecule has 0 heterocycles. The molecule has 108 valence electrons. The van der Waals surface area contributed by atoms with E-state index < -0.39 is 24.7 Å². The van der Waals surface area contributed by atoms with Crippen molar-refractivity contribution in [1.82, 2.24) is 0 Å². The van der Waals surface area contributed by atoms with Crippen LogP contribution in [0.2, 0.25) is 0 Å². The summed E-state index contributed by atoms with van der Waals surface area (Å²) in [5.41, 5.74) is 5.26. The minimum atomic E-state index is -4.53. The van der Waals surface area contributed by atoms with Gasteiger partial charge < -0.3 is 20.3 Å². The second kappa shape index (κ2) is 6.12. The Bertz CT molecular complexity index is 423. The topological polar surface area (TPSA) is 64.7 Å². The minimum Gasteiger partial charge on any atom is -0.493 e. The van der Waals surface area contributed by atoms with Gasteiger partial charge in [0, 0.05) is 6.42 Å². The van der Waals surface area contributed by atoms with E-state index in [0.717, 1.165) is 0 Å². The first kappa shape index (κ1) is 15.6. The fourth-order valence-electron chi connectivity index (χ4n) is 1.57. The maximum absolute atomic E-state index is 12.3. The number of halogens is 3. The van der Waals surface area contributed by atoms with Gasteiger partial charge in [0.1, 0.15) is 6.04 Å². The quantitative estimate of drug-likeness (QED) is 0.865. The van der Waals surface area contributed by atoms with Gasteiger partial charge in [0.2, 0.25) is 0 Å². The maximum atomic E-state index is 12.3. The van der Waals surface area contributed by atoms with Gasteiger partial charge >= 0.3 is 6.18 Å². The molecule has 0 radical (unpaired) electrons. The van der Waals surface area contributed by atoms with E-state index in [9.17, 15) is 18.3 Å². The van der Waals surface area contributed by atoms with Crippen LogP contribution in [0, 0.1) is 0 Å². The molecule has 0 aliphatic heterocycles. The average molecular weight is 279 g/mol. The van der Waals surface area contributed by atoms with E-state index in [4.69, 9.17) is 15.2 Å². The van der Waals surface area contributed by atoms with Crippen LogP contribution in [-0.2, 0) is 0 Å². The first-order valence-electron chi connectivity index (χ1n) is 5.52. The molecule has 2 atom stereocenters. The minimum absolute atomic E-state index is 0.289. The summed E-state index contributed by atoms with van der Waals surface area (Å²) in [6.45, 7) is 0. The van der Waals surface area contributed by atoms with E-state index in [1.807, 2.05) is 0 Å². The highest BCUT2D eigenvalue weighted by molar-refractivity contribution is 5.43. The molecule has 1 aromatic carbocycles. The molecule has 0 saturated carbocycles. The Kier molecular flexibility index (Phi) is 5.02. The lowest BCUT2D eigenvalue weighted by molar-refractivity contribution is -0.153. The fraction of sp³-hybridized carbons (Fsp3) is 0.500. The standard InChI is InChI=1S/C12H16F3NO3/c1-18-9-4-3-7(5-10(9)19-2)8(17)6-11(16)12(13,14)15/h3-5,8,11,17H,6,16H2,1-2H3/t8-,11+/m0/s1. The van der Waals surface area contributed by atoms with Crippen LogP contribution in [0.1, 0.15) is 18.1 Å². The van der Waals surface area contributed by atoms with Crippen LogP contribution < -0.4 is 15.2 Å². The Morgan fingerprint density at radius 3 is 2.26 bits per heavy atom. The molecule has 4 nitrogen and oxygen atoms in total. The van der Waals surface area contributed by atoms with Crippen LogP contribution in [0.4, 0.5) is 13.2 Å². The van der Waals surface area contributed by atoms with Gasteiger partial charge in [-0.2, -0.15) is 13.2 Å². The molecule has 0 fully saturated rings. The van der Waals surface area contributed by atoms with Crippen molar-refractivity contribution in [2.45, 2.75) is 24.7 Å². The van der Waals surface area contributed by atoms with Crippen molar-refractivity contribution in [3.63, 3.8) is 0 Å². The molecular formula is C12H16F3NO3. The Hall–Kier alpha value is -1.47. The highest BCUT2D eigenvalue weighted by Gasteiger charge is 2.38. The van der Waals surface area contributed by atoms with E-state index in [1.54, 1.807) is 0 Å². The Morgan fingerprint density at radius 1 is 1.21 bits per heavy atom. The van der Waals surface area contributed by atoms with Crippen LogP contribution >= 0.6 is 0 Å². The molecule has 0 unspecified atom stereocenters. The van der Waals surface area contributed by atoms with Crippen LogP contribution in [0.25, 0.3) is 0 Å². The largest absolute Gasteiger partial charge is 0.493 e. The van der Waals surface area contributed by atoms with Gasteiger partial charge in [0.15, 0.2) is 11.5 Å². The van der Waals surface area contributed by atoms with Crippen molar-refractivity contribution in [2.24, 2.45) is 5.73 Å². The molecule has 0 aliphatic carbocycles. The predicted molar refractivity (Wildman–Crippen MR) is 63.2 cm³/mol. The van der Waals surface area contributed by atoms with Crippen LogP contribution in [0.15, 0.2) is 18.2 Å². The van der Waals surface area contributed by atoms with Crippen LogP contribution in [-0.4, -0.2) is 31.5 Å². The predicted octanol–water partition coefficient (Wildman–Crippen LogP) is 2.02. The molecule has 0 amide bonds. The van der Waals surface area contributed by atoms with Crippen LogP contribution in [0.5, 0.6) is 11.5 Å². The molecule has 0 aliphatic rings. The first-order valence-corrected chi connectivity index (χ1v) is 5.52. The second-order valence-electron chi connectivity index (χ2n) is 4.01. The lowest BCUT2D eigenvalue weighted by Crippen LogP contribution is -2.38.